The van der Waals surface area contributed by atoms with Crippen molar-refractivity contribution in [2.45, 2.75) is 37.8 Å². The lowest BCUT2D eigenvalue weighted by atomic mass is 10.0. The summed E-state index contributed by atoms with van der Waals surface area (Å²) in [6, 6.07) is 6.91. The van der Waals surface area contributed by atoms with Gasteiger partial charge in [0.05, 0.1) is 6.54 Å². The summed E-state index contributed by atoms with van der Waals surface area (Å²) in [7, 11) is 0. The molecule has 2 aliphatic rings. The monoisotopic (exact) mass is 344 g/mol. The molecule has 2 atom stereocenters. The second-order valence-corrected chi connectivity index (χ2v) is 6.50. The van der Waals surface area contributed by atoms with Crippen LogP contribution in [-0.4, -0.2) is 58.7 Å². The lowest BCUT2D eigenvalue weighted by molar-refractivity contribution is -0.129. The Kier molecular flexibility index (Phi) is 5.38. The molecule has 134 valence electrons. The van der Waals surface area contributed by atoms with E-state index in [0.717, 1.165) is 18.4 Å². The average molecular weight is 344 g/mol. The van der Waals surface area contributed by atoms with Crippen LogP contribution in [0.2, 0.25) is 0 Å². The fraction of sp³-hybridized carbons (Fsp3) is 0.474. The largest absolute Gasteiger partial charge is 0.491 e. The van der Waals surface area contributed by atoms with E-state index in [-0.39, 0.29) is 31.1 Å². The number of aliphatic hydroxyl groups excluding tert-OH is 1. The summed E-state index contributed by atoms with van der Waals surface area (Å²) in [6.45, 7) is 4.33. The Morgan fingerprint density at radius 1 is 1.32 bits per heavy atom. The number of allylic oxidation sites excluding steroid dienone is 1. The number of benzene rings is 1. The number of urea groups is 1. The van der Waals surface area contributed by atoms with Crippen molar-refractivity contribution in [3.8, 4) is 5.75 Å². The normalized spacial score (nSPS) is 21.2. The van der Waals surface area contributed by atoms with Crippen molar-refractivity contribution in [3.63, 3.8) is 0 Å². The summed E-state index contributed by atoms with van der Waals surface area (Å²) < 4.78 is 5.69. The van der Waals surface area contributed by atoms with Crippen LogP contribution in [0.5, 0.6) is 5.75 Å². The van der Waals surface area contributed by atoms with E-state index >= 15 is 0 Å². The Morgan fingerprint density at radius 2 is 2.12 bits per heavy atom. The van der Waals surface area contributed by atoms with Crippen LogP contribution in [0, 0.1) is 0 Å². The molecule has 1 aromatic rings. The van der Waals surface area contributed by atoms with Crippen molar-refractivity contribution in [3.05, 3.63) is 42.5 Å². The van der Waals surface area contributed by atoms with E-state index in [4.69, 9.17) is 4.74 Å². The maximum absolute atomic E-state index is 12.4. The van der Waals surface area contributed by atoms with Crippen LogP contribution in [0.15, 0.2) is 36.9 Å². The maximum Gasteiger partial charge on any atom is 0.327 e. The predicted octanol–water partition coefficient (Wildman–Crippen LogP) is 1.97. The highest BCUT2D eigenvalue weighted by Crippen LogP contribution is 2.26. The Labute approximate surface area is 147 Å². The lowest BCUT2D eigenvalue weighted by Gasteiger charge is -2.26. The zero-order valence-corrected chi connectivity index (χ0v) is 14.3. The highest BCUT2D eigenvalue weighted by atomic mass is 16.5. The molecule has 2 saturated heterocycles. The number of para-hydroxylation sites is 1. The van der Waals surface area contributed by atoms with Gasteiger partial charge in [0.25, 0.3) is 5.91 Å². The van der Waals surface area contributed by atoms with Gasteiger partial charge in [0.1, 0.15) is 24.5 Å². The number of imide groups is 1. The topological polar surface area (TPSA) is 70.1 Å². The molecule has 2 unspecified atom stereocenters. The van der Waals surface area contributed by atoms with Crippen LogP contribution in [0.4, 0.5) is 4.79 Å². The van der Waals surface area contributed by atoms with Crippen LogP contribution < -0.4 is 4.74 Å². The van der Waals surface area contributed by atoms with E-state index < -0.39 is 6.10 Å². The summed E-state index contributed by atoms with van der Waals surface area (Å²) in [5, 5.41) is 10.3. The van der Waals surface area contributed by atoms with Gasteiger partial charge in [-0.05, 0) is 37.3 Å². The Balaban J connectivity index is 1.58. The highest BCUT2D eigenvalue weighted by molar-refractivity contribution is 6.04. The molecule has 0 spiro atoms. The smallest absolute Gasteiger partial charge is 0.327 e. The Bertz CT molecular complexity index is 637. The molecule has 6 heteroatoms. The van der Waals surface area contributed by atoms with Crippen LogP contribution >= 0.6 is 0 Å². The number of nitrogens with zero attached hydrogens (tertiary/aromatic N) is 2. The van der Waals surface area contributed by atoms with Gasteiger partial charge in [0.15, 0.2) is 0 Å². The molecule has 0 aromatic heterocycles. The summed E-state index contributed by atoms with van der Waals surface area (Å²) >= 11 is 0. The molecule has 0 saturated carbocycles. The van der Waals surface area contributed by atoms with Gasteiger partial charge in [-0.2, -0.15) is 0 Å². The molecule has 0 bridgehead atoms. The van der Waals surface area contributed by atoms with E-state index in [1.54, 1.807) is 11.0 Å². The van der Waals surface area contributed by atoms with Crippen molar-refractivity contribution in [1.82, 2.24) is 9.80 Å². The van der Waals surface area contributed by atoms with Crippen LogP contribution in [0.25, 0.3) is 0 Å². The lowest BCUT2D eigenvalue weighted by Crippen LogP contribution is -2.40. The molecule has 2 fully saturated rings. The SMILES string of the molecule is C=CCc1ccccc1OCC(O)CN1C(=O)C2CCCCN2C1=O. The van der Waals surface area contributed by atoms with E-state index in [1.165, 1.54) is 4.90 Å². The molecule has 25 heavy (non-hydrogen) atoms. The van der Waals surface area contributed by atoms with Crippen molar-refractivity contribution in [2.24, 2.45) is 0 Å². The number of rotatable bonds is 7. The summed E-state index contributed by atoms with van der Waals surface area (Å²) in [5.41, 5.74) is 0.982. The number of aliphatic hydroxyl groups is 1. The van der Waals surface area contributed by atoms with Gasteiger partial charge in [-0.3, -0.25) is 9.69 Å². The van der Waals surface area contributed by atoms with Gasteiger partial charge in [0, 0.05) is 6.54 Å². The second kappa shape index (κ2) is 7.70. The minimum absolute atomic E-state index is 0.0237. The molecule has 2 heterocycles. The summed E-state index contributed by atoms with van der Waals surface area (Å²) in [4.78, 5) is 27.6. The number of amides is 3. The number of hydrogen-bond donors (Lipinski definition) is 1. The zero-order chi connectivity index (χ0) is 17.8. The molecular weight excluding hydrogens is 320 g/mol. The molecule has 2 aliphatic heterocycles. The maximum atomic E-state index is 12.4. The van der Waals surface area contributed by atoms with Gasteiger partial charge < -0.3 is 14.7 Å². The standard InChI is InChI=1S/C19H24N2O4/c1-2-7-14-8-3-4-10-17(14)25-13-15(22)12-21-18(23)16-9-5-6-11-20(16)19(21)24/h2-4,8,10,15-16,22H,1,5-7,9,11-13H2. The van der Waals surface area contributed by atoms with Crippen LogP contribution in [0.3, 0.4) is 0 Å². The molecular formula is C19H24N2O4. The van der Waals surface area contributed by atoms with Gasteiger partial charge in [-0.1, -0.05) is 24.3 Å². The fourth-order valence-corrected chi connectivity index (χ4v) is 3.43. The first kappa shape index (κ1) is 17.5. The van der Waals surface area contributed by atoms with Crippen LogP contribution in [-0.2, 0) is 11.2 Å². The molecule has 0 radical (unpaired) electrons. The average Bonchev–Trinajstić information content (AvgIpc) is 2.87. The number of fused-ring (bicyclic) bond motifs is 1. The van der Waals surface area contributed by atoms with Gasteiger partial charge in [0.2, 0.25) is 0 Å². The third-order valence-electron chi connectivity index (χ3n) is 4.69. The van der Waals surface area contributed by atoms with Gasteiger partial charge >= 0.3 is 6.03 Å². The summed E-state index contributed by atoms with van der Waals surface area (Å²) in [6.07, 6.45) is 4.13. The zero-order valence-electron chi connectivity index (χ0n) is 14.3. The van der Waals surface area contributed by atoms with Gasteiger partial charge in [-0.25, -0.2) is 4.79 Å². The molecule has 0 aliphatic carbocycles. The second-order valence-electron chi connectivity index (χ2n) is 6.50. The minimum Gasteiger partial charge on any atom is -0.491 e. The molecule has 3 amide bonds. The van der Waals surface area contributed by atoms with E-state index in [2.05, 4.69) is 6.58 Å². The number of ether oxygens (including phenoxy) is 1. The van der Waals surface area contributed by atoms with Gasteiger partial charge in [-0.15, -0.1) is 6.58 Å². The number of hydrogen-bond acceptors (Lipinski definition) is 4. The van der Waals surface area contributed by atoms with Crippen molar-refractivity contribution in [1.29, 1.82) is 0 Å². The van der Waals surface area contributed by atoms with Crippen molar-refractivity contribution in [2.75, 3.05) is 19.7 Å². The number of carbonyl (C=O) groups is 2. The first-order valence-corrected chi connectivity index (χ1v) is 8.73. The first-order valence-electron chi connectivity index (χ1n) is 8.73. The third-order valence-corrected chi connectivity index (χ3v) is 4.69. The molecule has 1 aromatic carbocycles. The highest BCUT2D eigenvalue weighted by Gasteiger charge is 2.46. The quantitative estimate of drug-likeness (QED) is 0.606. The van der Waals surface area contributed by atoms with Crippen molar-refractivity contribution >= 4 is 11.9 Å². The van der Waals surface area contributed by atoms with Crippen LogP contribution in [0.1, 0.15) is 24.8 Å². The van der Waals surface area contributed by atoms with E-state index in [0.29, 0.717) is 25.1 Å². The minimum atomic E-state index is -0.925. The molecule has 6 nitrogen and oxygen atoms in total. The van der Waals surface area contributed by atoms with Crippen molar-refractivity contribution < 1.29 is 19.4 Å². The number of piperidine rings is 1. The molecule has 3 rings (SSSR count). The number of β-amino-alcohol motifs (C(OH)–C–C–N with tert-alkyl or cyclic N) is 1. The van der Waals surface area contributed by atoms with E-state index in [9.17, 15) is 14.7 Å². The Hall–Kier alpha value is -2.34. The fourth-order valence-electron chi connectivity index (χ4n) is 3.43. The number of carbonyl (C=O) groups excluding carboxylic acids is 2. The summed E-state index contributed by atoms with van der Waals surface area (Å²) in [5.74, 6) is 0.480. The first-order chi connectivity index (χ1) is 12.1. The predicted molar refractivity (Wildman–Crippen MR) is 93.3 cm³/mol. The Morgan fingerprint density at radius 3 is 2.88 bits per heavy atom. The van der Waals surface area contributed by atoms with E-state index in [1.807, 2.05) is 24.3 Å². The third kappa shape index (κ3) is 3.69. The molecule has 1 N–H and O–H groups in total.